The first kappa shape index (κ1) is 26.2. The molecule has 3 heteroatoms. The molecule has 3 nitrogen and oxygen atoms in total. The maximum absolute atomic E-state index is 11.8. The van der Waals surface area contributed by atoms with E-state index in [0.29, 0.717) is 22.4 Å². The number of nitro benzene ring substituents is 1. The molecule has 9 atom stereocenters. The van der Waals surface area contributed by atoms with Crippen molar-refractivity contribution < 1.29 is 4.92 Å². The molecular formula is C33H51NO2. The van der Waals surface area contributed by atoms with Gasteiger partial charge in [-0.2, -0.15) is 0 Å². The van der Waals surface area contributed by atoms with Crippen molar-refractivity contribution in [1.82, 2.24) is 0 Å². The summed E-state index contributed by atoms with van der Waals surface area (Å²) in [6.45, 7) is 12.6. The molecule has 5 rings (SSSR count). The molecule has 0 N–H and O–H groups in total. The Morgan fingerprint density at radius 3 is 2.39 bits per heavy atom. The molecule has 4 aliphatic rings. The summed E-state index contributed by atoms with van der Waals surface area (Å²) in [5, 5.41) is 11.8. The van der Waals surface area contributed by atoms with Crippen LogP contribution in [-0.2, 0) is 0 Å². The molecule has 0 spiro atoms. The smallest absolute Gasteiger partial charge is 0.258 e. The number of para-hydroxylation sites is 1. The summed E-state index contributed by atoms with van der Waals surface area (Å²) in [7, 11) is 0. The van der Waals surface area contributed by atoms with E-state index in [0.717, 1.165) is 59.8 Å². The number of hydrogen-bond acceptors (Lipinski definition) is 2. The molecule has 0 heterocycles. The Morgan fingerprint density at radius 1 is 0.917 bits per heavy atom. The minimum absolute atomic E-state index is 0.152. The molecule has 0 radical (unpaired) electrons. The summed E-state index contributed by atoms with van der Waals surface area (Å²) in [5.74, 6) is 6.35. The lowest BCUT2D eigenvalue weighted by atomic mass is 9.43. The fourth-order valence-electron chi connectivity index (χ4n) is 10.7. The van der Waals surface area contributed by atoms with Crippen LogP contribution in [0.4, 0.5) is 5.69 Å². The second-order valence-electron chi connectivity index (χ2n) is 14.5. The zero-order valence-electron chi connectivity index (χ0n) is 23.7. The average Bonchev–Trinajstić information content (AvgIpc) is 3.20. The third kappa shape index (κ3) is 4.45. The monoisotopic (exact) mass is 493 g/mol. The van der Waals surface area contributed by atoms with Crippen molar-refractivity contribution in [2.45, 2.75) is 118 Å². The van der Waals surface area contributed by atoms with Crippen molar-refractivity contribution in [3.63, 3.8) is 0 Å². The van der Waals surface area contributed by atoms with Gasteiger partial charge in [0.15, 0.2) is 0 Å². The largest absolute Gasteiger partial charge is 0.272 e. The molecule has 0 bridgehead atoms. The number of rotatable bonds is 7. The van der Waals surface area contributed by atoms with E-state index in [1.54, 1.807) is 6.07 Å². The Balaban J connectivity index is 1.34. The molecule has 200 valence electrons. The van der Waals surface area contributed by atoms with Crippen LogP contribution in [0.2, 0.25) is 0 Å². The van der Waals surface area contributed by atoms with Crippen molar-refractivity contribution in [2.75, 3.05) is 0 Å². The Kier molecular flexibility index (Phi) is 7.33. The van der Waals surface area contributed by atoms with Crippen LogP contribution < -0.4 is 0 Å². The Morgan fingerprint density at radius 2 is 1.64 bits per heavy atom. The zero-order valence-corrected chi connectivity index (χ0v) is 23.7. The van der Waals surface area contributed by atoms with Crippen molar-refractivity contribution >= 4 is 5.69 Å². The molecule has 4 fully saturated rings. The van der Waals surface area contributed by atoms with E-state index < -0.39 is 0 Å². The van der Waals surface area contributed by atoms with Crippen LogP contribution in [0, 0.1) is 62.4 Å². The topological polar surface area (TPSA) is 43.1 Å². The third-order valence-corrected chi connectivity index (χ3v) is 12.4. The SMILES string of the molecule is CC(C)CCCC(C)C1CCC2C3CCC4CCC(c5ccccc5[N+](=O)[O-])CC4(C)C3CCC12C. The lowest BCUT2D eigenvalue weighted by molar-refractivity contribution is -0.385. The van der Waals surface area contributed by atoms with E-state index in [1.165, 1.54) is 64.2 Å². The van der Waals surface area contributed by atoms with Gasteiger partial charge < -0.3 is 0 Å². The quantitative estimate of drug-likeness (QED) is 0.280. The predicted octanol–water partition coefficient (Wildman–Crippen LogP) is 9.80. The number of nitro groups is 1. The highest BCUT2D eigenvalue weighted by Crippen LogP contribution is 2.69. The maximum Gasteiger partial charge on any atom is 0.272 e. The van der Waals surface area contributed by atoms with Crippen molar-refractivity contribution in [3.05, 3.63) is 39.9 Å². The molecule has 0 aliphatic heterocycles. The average molecular weight is 494 g/mol. The zero-order chi connectivity index (χ0) is 25.7. The van der Waals surface area contributed by atoms with E-state index >= 15 is 0 Å². The van der Waals surface area contributed by atoms with Crippen LogP contribution >= 0.6 is 0 Å². The van der Waals surface area contributed by atoms with Gasteiger partial charge in [0.25, 0.3) is 5.69 Å². The highest BCUT2D eigenvalue weighted by atomic mass is 16.6. The van der Waals surface area contributed by atoms with Gasteiger partial charge in [-0.3, -0.25) is 10.1 Å². The van der Waals surface area contributed by atoms with Crippen LogP contribution in [0.5, 0.6) is 0 Å². The number of nitrogens with zero attached hydrogens (tertiary/aromatic N) is 1. The molecular weight excluding hydrogens is 442 g/mol. The van der Waals surface area contributed by atoms with E-state index in [-0.39, 0.29) is 4.92 Å². The highest BCUT2D eigenvalue weighted by Gasteiger charge is 2.60. The summed E-state index contributed by atoms with van der Waals surface area (Å²) < 4.78 is 0. The van der Waals surface area contributed by atoms with E-state index in [9.17, 15) is 10.1 Å². The summed E-state index contributed by atoms with van der Waals surface area (Å²) in [6, 6.07) is 7.61. The number of hydrogen-bond donors (Lipinski definition) is 0. The standard InChI is InChI=1S/C33H51NO2/c1-22(2)9-8-10-23(3)28-17-18-29-27-16-15-25-14-13-24(26-11-6-7-12-31(26)34(35)36)21-33(25,5)30(27)19-20-32(28,29)4/h6-7,11-12,22-25,27-30H,8-10,13-21H2,1-5H3. The normalized spacial score (nSPS) is 40.8. The van der Waals surface area contributed by atoms with Crippen LogP contribution in [0.3, 0.4) is 0 Å². The van der Waals surface area contributed by atoms with Gasteiger partial charge in [-0.15, -0.1) is 0 Å². The van der Waals surface area contributed by atoms with E-state index in [2.05, 4.69) is 34.6 Å². The fraction of sp³-hybridized carbons (Fsp3) is 0.818. The van der Waals surface area contributed by atoms with Gasteiger partial charge in [0.05, 0.1) is 4.92 Å². The van der Waals surface area contributed by atoms with Crippen molar-refractivity contribution in [3.8, 4) is 0 Å². The molecule has 1 aromatic rings. The van der Waals surface area contributed by atoms with E-state index in [4.69, 9.17) is 0 Å². The lowest BCUT2D eigenvalue weighted by Gasteiger charge is -2.61. The minimum Gasteiger partial charge on any atom is -0.258 e. The molecule has 0 saturated heterocycles. The molecule has 4 aliphatic carbocycles. The molecule has 0 aromatic heterocycles. The van der Waals surface area contributed by atoms with Crippen LogP contribution in [0.25, 0.3) is 0 Å². The first-order valence-electron chi connectivity index (χ1n) is 15.4. The summed E-state index contributed by atoms with van der Waals surface area (Å²) in [5.41, 5.74) is 2.23. The number of benzene rings is 1. The second-order valence-corrected chi connectivity index (χ2v) is 14.5. The maximum atomic E-state index is 11.8. The Bertz CT molecular complexity index is 941. The van der Waals surface area contributed by atoms with Crippen LogP contribution in [0.1, 0.15) is 123 Å². The molecule has 9 unspecified atom stereocenters. The molecule has 1 aromatic carbocycles. The second kappa shape index (κ2) is 10.1. The highest BCUT2D eigenvalue weighted by molar-refractivity contribution is 5.42. The van der Waals surface area contributed by atoms with Crippen LogP contribution in [-0.4, -0.2) is 4.92 Å². The van der Waals surface area contributed by atoms with Gasteiger partial charge in [0, 0.05) is 11.6 Å². The van der Waals surface area contributed by atoms with Gasteiger partial charge in [0.2, 0.25) is 0 Å². The molecule has 36 heavy (non-hydrogen) atoms. The Hall–Kier alpha value is -1.38. The van der Waals surface area contributed by atoms with Gasteiger partial charge in [-0.05, 0) is 116 Å². The predicted molar refractivity (Wildman–Crippen MR) is 149 cm³/mol. The summed E-state index contributed by atoms with van der Waals surface area (Å²) in [6.07, 6.45) is 16.3. The van der Waals surface area contributed by atoms with Crippen LogP contribution in [0.15, 0.2) is 24.3 Å². The third-order valence-electron chi connectivity index (χ3n) is 12.4. The molecule has 4 saturated carbocycles. The molecule has 0 amide bonds. The lowest BCUT2D eigenvalue weighted by Crippen LogP contribution is -2.53. The fourth-order valence-corrected chi connectivity index (χ4v) is 10.7. The summed E-state index contributed by atoms with van der Waals surface area (Å²) in [4.78, 5) is 11.7. The van der Waals surface area contributed by atoms with Crippen molar-refractivity contribution in [2.24, 2.45) is 52.3 Å². The first-order valence-corrected chi connectivity index (χ1v) is 15.4. The van der Waals surface area contributed by atoms with E-state index in [1.807, 2.05) is 18.2 Å². The van der Waals surface area contributed by atoms with Gasteiger partial charge in [-0.1, -0.05) is 72.1 Å². The minimum atomic E-state index is -0.152. The van der Waals surface area contributed by atoms with Gasteiger partial charge >= 0.3 is 0 Å². The summed E-state index contributed by atoms with van der Waals surface area (Å²) >= 11 is 0. The van der Waals surface area contributed by atoms with Gasteiger partial charge in [-0.25, -0.2) is 0 Å². The first-order chi connectivity index (χ1) is 17.1. The Labute approximate surface area is 220 Å². The number of fused-ring (bicyclic) bond motifs is 5. The van der Waals surface area contributed by atoms with Gasteiger partial charge in [0.1, 0.15) is 0 Å². The van der Waals surface area contributed by atoms with Crippen molar-refractivity contribution in [1.29, 1.82) is 0 Å².